The van der Waals surface area contributed by atoms with Gasteiger partial charge < -0.3 is 4.90 Å². The molecule has 0 atom stereocenters. The quantitative estimate of drug-likeness (QED) is 0.513. The van der Waals surface area contributed by atoms with Gasteiger partial charge in [-0.15, -0.1) is 0 Å². The summed E-state index contributed by atoms with van der Waals surface area (Å²) >= 11 is 0. The SMILES string of the molecule is CCCN(CCC)c1cccc2c1ccn2S(O)(O)c1ccccc1F.[HH]. The molecule has 0 fully saturated rings. The molecule has 2 N–H and O–H groups in total. The van der Waals surface area contributed by atoms with Crippen molar-refractivity contribution >= 4 is 27.4 Å². The number of nitrogens with zero attached hydrogens (tertiary/aromatic N) is 2. The van der Waals surface area contributed by atoms with Gasteiger partial charge in [0.25, 0.3) is 0 Å². The molecule has 1 heterocycles. The minimum absolute atomic E-state index is 0. The molecule has 0 aliphatic rings. The summed E-state index contributed by atoms with van der Waals surface area (Å²) < 4.78 is 37.2. The number of halogens is 1. The Hall–Kier alpha value is -2.02. The summed E-state index contributed by atoms with van der Waals surface area (Å²) in [6.07, 6.45) is 3.69. The zero-order valence-electron chi connectivity index (χ0n) is 15.1. The Morgan fingerprint density at radius 1 is 1.00 bits per heavy atom. The van der Waals surface area contributed by atoms with Crippen LogP contribution < -0.4 is 4.90 Å². The lowest BCUT2D eigenvalue weighted by Gasteiger charge is -2.34. The van der Waals surface area contributed by atoms with E-state index < -0.39 is 16.6 Å². The van der Waals surface area contributed by atoms with Crippen LogP contribution in [0.1, 0.15) is 28.1 Å². The molecule has 0 saturated heterocycles. The summed E-state index contributed by atoms with van der Waals surface area (Å²) in [5.41, 5.74) is 1.75. The number of hydrogen-bond acceptors (Lipinski definition) is 3. The zero-order valence-corrected chi connectivity index (χ0v) is 15.9. The van der Waals surface area contributed by atoms with Crippen LogP contribution in [0.3, 0.4) is 0 Å². The van der Waals surface area contributed by atoms with E-state index in [1.165, 1.54) is 22.2 Å². The van der Waals surface area contributed by atoms with Crippen molar-refractivity contribution < 1.29 is 14.9 Å². The Morgan fingerprint density at radius 3 is 2.35 bits per heavy atom. The van der Waals surface area contributed by atoms with Gasteiger partial charge >= 0.3 is 0 Å². The number of hydrogen-bond donors (Lipinski definition) is 2. The second-order valence-corrected chi connectivity index (χ2v) is 8.16. The van der Waals surface area contributed by atoms with Gasteiger partial charge in [-0.1, -0.05) is 42.8 Å². The van der Waals surface area contributed by atoms with Gasteiger partial charge in [-0.05, 0) is 43.2 Å². The van der Waals surface area contributed by atoms with E-state index in [-0.39, 0.29) is 6.32 Å². The lowest BCUT2D eigenvalue weighted by Crippen LogP contribution is -2.24. The first-order chi connectivity index (χ1) is 12.5. The third-order valence-electron chi connectivity index (χ3n) is 4.41. The second kappa shape index (κ2) is 7.70. The number of aromatic nitrogens is 1. The van der Waals surface area contributed by atoms with Gasteiger partial charge in [0.2, 0.25) is 0 Å². The van der Waals surface area contributed by atoms with Crippen LogP contribution in [0.5, 0.6) is 0 Å². The molecule has 0 amide bonds. The fourth-order valence-electron chi connectivity index (χ4n) is 3.29. The predicted octanol–water partition coefficient (Wildman–Crippen LogP) is 6.23. The molecule has 0 aliphatic heterocycles. The van der Waals surface area contributed by atoms with Crippen molar-refractivity contribution in [2.45, 2.75) is 31.6 Å². The van der Waals surface area contributed by atoms with E-state index in [1.54, 1.807) is 12.3 Å². The Morgan fingerprint density at radius 2 is 1.69 bits per heavy atom. The zero-order chi connectivity index (χ0) is 18.7. The first-order valence-corrected chi connectivity index (χ1v) is 10.4. The Kier molecular flexibility index (Phi) is 5.55. The van der Waals surface area contributed by atoms with Crippen LogP contribution in [0.15, 0.2) is 59.6 Å². The number of benzene rings is 2. The molecule has 26 heavy (non-hydrogen) atoms. The highest BCUT2D eigenvalue weighted by atomic mass is 32.3. The Bertz CT molecular complexity index is 895. The van der Waals surface area contributed by atoms with Crippen molar-refractivity contribution in [2.24, 2.45) is 0 Å². The van der Waals surface area contributed by atoms with E-state index in [0.717, 1.165) is 37.0 Å². The Balaban J connectivity index is 0.00000261. The fourth-order valence-corrected chi connectivity index (χ4v) is 4.76. The van der Waals surface area contributed by atoms with E-state index in [2.05, 4.69) is 18.7 Å². The first-order valence-electron chi connectivity index (χ1n) is 8.89. The molecule has 0 aliphatic carbocycles. The number of rotatable bonds is 7. The third kappa shape index (κ3) is 3.32. The minimum atomic E-state index is -3.50. The monoisotopic (exact) mass is 378 g/mol. The minimum Gasteiger partial charge on any atom is -0.371 e. The van der Waals surface area contributed by atoms with Gasteiger partial charge in [-0.2, -0.15) is 0 Å². The maximum absolute atomic E-state index is 14.2. The topological polar surface area (TPSA) is 48.6 Å². The molecular formula is C20H27FN2O2S. The van der Waals surface area contributed by atoms with Crippen LogP contribution in [0.25, 0.3) is 10.9 Å². The fraction of sp³-hybridized carbons (Fsp3) is 0.300. The number of anilines is 1. The molecule has 3 rings (SSSR count). The molecule has 2 aromatic carbocycles. The van der Waals surface area contributed by atoms with Crippen LogP contribution in [0, 0.1) is 5.82 Å². The van der Waals surface area contributed by atoms with Gasteiger partial charge in [-0.25, -0.2) is 8.36 Å². The highest BCUT2D eigenvalue weighted by molar-refractivity contribution is 8.23. The molecule has 6 heteroatoms. The van der Waals surface area contributed by atoms with Crippen molar-refractivity contribution in [1.29, 1.82) is 0 Å². The van der Waals surface area contributed by atoms with Crippen molar-refractivity contribution in [1.82, 2.24) is 3.97 Å². The van der Waals surface area contributed by atoms with Gasteiger partial charge in [0.05, 0.1) is 5.52 Å². The third-order valence-corrected chi connectivity index (χ3v) is 6.20. The maximum atomic E-state index is 14.2. The normalized spacial score (nSPS) is 12.5. The molecule has 1 aromatic heterocycles. The summed E-state index contributed by atoms with van der Waals surface area (Å²) in [7, 11) is -3.50. The highest BCUT2D eigenvalue weighted by Crippen LogP contribution is 2.52. The summed E-state index contributed by atoms with van der Waals surface area (Å²) in [6, 6.07) is 13.5. The van der Waals surface area contributed by atoms with Gasteiger partial charge in [0.15, 0.2) is 0 Å². The van der Waals surface area contributed by atoms with Crippen LogP contribution in [0.2, 0.25) is 0 Å². The standard InChI is InChI=1S/C20H25FN2O2S.H2/c1-3-13-22(14-4-2)18-9-7-10-19-16(18)12-15-23(19)26(24,25)20-11-6-5-8-17(20)21;/h5-12,15,24-25H,3-4,13-14H2,1-2H3;1H. The lowest BCUT2D eigenvalue weighted by molar-refractivity contribution is 0.466. The molecule has 4 nitrogen and oxygen atoms in total. The molecular weight excluding hydrogens is 351 g/mol. The maximum Gasteiger partial charge on any atom is 0.148 e. The van der Waals surface area contributed by atoms with Gasteiger partial charge in [0.1, 0.15) is 10.7 Å². The Labute approximate surface area is 156 Å². The largest absolute Gasteiger partial charge is 0.371 e. The summed E-state index contributed by atoms with van der Waals surface area (Å²) in [6.45, 7) is 6.15. The van der Waals surface area contributed by atoms with Gasteiger partial charge in [-0.3, -0.25) is 9.11 Å². The first kappa shape index (κ1) is 18.8. The molecule has 0 bridgehead atoms. The van der Waals surface area contributed by atoms with Crippen molar-refractivity contribution in [3.63, 3.8) is 0 Å². The van der Waals surface area contributed by atoms with Crippen molar-refractivity contribution in [3.8, 4) is 0 Å². The molecule has 0 radical (unpaired) electrons. The van der Waals surface area contributed by atoms with Gasteiger partial charge in [0, 0.05) is 31.8 Å². The lowest BCUT2D eigenvalue weighted by atomic mass is 10.2. The second-order valence-electron chi connectivity index (χ2n) is 6.29. The van der Waals surface area contributed by atoms with E-state index in [4.69, 9.17) is 0 Å². The summed E-state index contributed by atoms with van der Waals surface area (Å²) in [4.78, 5) is 2.21. The van der Waals surface area contributed by atoms with Crippen LogP contribution >= 0.6 is 10.8 Å². The highest BCUT2D eigenvalue weighted by Gasteiger charge is 2.24. The van der Waals surface area contributed by atoms with Crippen molar-refractivity contribution in [2.75, 3.05) is 18.0 Å². The smallest absolute Gasteiger partial charge is 0.148 e. The van der Waals surface area contributed by atoms with Crippen LogP contribution in [-0.4, -0.2) is 26.2 Å². The average molecular weight is 379 g/mol. The van der Waals surface area contributed by atoms with E-state index in [9.17, 15) is 13.5 Å². The van der Waals surface area contributed by atoms with Crippen LogP contribution in [0.4, 0.5) is 10.1 Å². The molecule has 0 spiro atoms. The molecule has 0 unspecified atom stereocenters. The molecule has 142 valence electrons. The van der Waals surface area contributed by atoms with E-state index >= 15 is 0 Å². The average Bonchev–Trinajstić information content (AvgIpc) is 3.07. The van der Waals surface area contributed by atoms with Crippen LogP contribution in [-0.2, 0) is 0 Å². The predicted molar refractivity (Wildman–Crippen MR) is 110 cm³/mol. The summed E-state index contributed by atoms with van der Waals surface area (Å²) in [5.74, 6) is -0.621. The molecule has 3 aromatic rings. The van der Waals surface area contributed by atoms with E-state index in [1.807, 2.05) is 24.3 Å². The number of fused-ring (bicyclic) bond motifs is 1. The molecule has 0 saturated carbocycles. The van der Waals surface area contributed by atoms with Crippen molar-refractivity contribution in [3.05, 3.63) is 60.5 Å². The summed E-state index contributed by atoms with van der Waals surface area (Å²) in [5, 5.41) is 0.936. The van der Waals surface area contributed by atoms with E-state index in [0.29, 0.717) is 5.52 Å².